The number of carbonyl (C=O) groups is 2. The minimum Gasteiger partial charge on any atom is -0.485 e. The van der Waals surface area contributed by atoms with Crippen LogP contribution in [0.25, 0.3) is 0 Å². The molecule has 0 saturated heterocycles. The van der Waals surface area contributed by atoms with E-state index in [1.165, 1.54) is 12.1 Å². The molecule has 1 N–H and O–H groups in total. The lowest BCUT2D eigenvalue weighted by Crippen LogP contribution is -2.20. The van der Waals surface area contributed by atoms with Crippen LogP contribution in [0.5, 0.6) is 17.2 Å². The van der Waals surface area contributed by atoms with Crippen LogP contribution in [0, 0.1) is 0 Å². The Balaban J connectivity index is 1.13. The van der Waals surface area contributed by atoms with Gasteiger partial charge >= 0.3 is 12.1 Å². The highest BCUT2D eigenvalue weighted by Crippen LogP contribution is 2.56. The Morgan fingerprint density at radius 2 is 2.00 bits per heavy atom. The van der Waals surface area contributed by atoms with Crippen molar-refractivity contribution < 1.29 is 37.0 Å². The molecule has 3 aromatic rings. The Kier molecular flexibility index (Phi) is 5.13. The topological polar surface area (TPSA) is 86.8 Å². The number of anilines is 1. The van der Waals surface area contributed by atoms with Gasteiger partial charge in [-0.15, -0.1) is 0 Å². The Labute approximate surface area is 203 Å². The van der Waals surface area contributed by atoms with E-state index in [9.17, 15) is 22.8 Å². The highest BCUT2D eigenvalue weighted by Gasteiger charge is 2.62. The number of rotatable bonds is 5. The number of pyridine rings is 1. The van der Waals surface area contributed by atoms with E-state index < -0.39 is 23.8 Å². The summed E-state index contributed by atoms with van der Waals surface area (Å²) in [4.78, 5) is 28.3. The van der Waals surface area contributed by atoms with Crippen molar-refractivity contribution in [2.75, 3.05) is 5.32 Å². The quantitative estimate of drug-likeness (QED) is 0.512. The SMILES string of the molecule is O=C1CCc2c(Oc3ccc4c(c3)[C@H]3[C@H](OC(=O)Cc5cccc(C(F)(F)F)c5)[C@H]3O4)ccnc2N1. The van der Waals surface area contributed by atoms with Crippen molar-refractivity contribution >= 4 is 17.7 Å². The number of nitrogens with one attached hydrogen (secondary N) is 1. The van der Waals surface area contributed by atoms with Crippen LogP contribution < -0.4 is 14.8 Å². The largest absolute Gasteiger partial charge is 0.485 e. The molecular weight excluding hydrogens is 477 g/mol. The molecule has 0 bridgehead atoms. The number of halogens is 3. The number of aromatic nitrogens is 1. The van der Waals surface area contributed by atoms with Gasteiger partial charge in [-0.3, -0.25) is 9.59 Å². The maximum absolute atomic E-state index is 12.9. The van der Waals surface area contributed by atoms with Gasteiger partial charge in [-0.2, -0.15) is 13.2 Å². The van der Waals surface area contributed by atoms with Crippen molar-refractivity contribution in [3.63, 3.8) is 0 Å². The molecule has 1 aromatic heterocycles. The lowest BCUT2D eigenvalue weighted by Gasteiger charge is -2.19. The molecule has 3 aliphatic rings. The summed E-state index contributed by atoms with van der Waals surface area (Å²) in [5, 5.41) is 2.74. The molecule has 2 aromatic carbocycles. The van der Waals surface area contributed by atoms with Crippen LogP contribution in [-0.2, 0) is 33.3 Å². The van der Waals surface area contributed by atoms with Crippen molar-refractivity contribution in [3.8, 4) is 17.2 Å². The van der Waals surface area contributed by atoms with Gasteiger partial charge in [-0.1, -0.05) is 18.2 Å². The second kappa shape index (κ2) is 8.25. The molecule has 1 aliphatic carbocycles. The Hall–Kier alpha value is -4.08. The van der Waals surface area contributed by atoms with E-state index in [1.54, 1.807) is 24.4 Å². The van der Waals surface area contributed by atoms with Crippen molar-refractivity contribution in [1.29, 1.82) is 0 Å². The summed E-state index contributed by atoms with van der Waals surface area (Å²) in [5.74, 6) is 1.45. The number of benzene rings is 2. The molecule has 3 heterocycles. The lowest BCUT2D eigenvalue weighted by molar-refractivity contribution is -0.145. The number of carbonyl (C=O) groups excluding carboxylic acids is 2. The Bertz CT molecular complexity index is 1390. The number of fused-ring (bicyclic) bond motifs is 4. The van der Waals surface area contributed by atoms with Gasteiger partial charge in [-0.05, 0) is 42.3 Å². The Morgan fingerprint density at radius 1 is 1.14 bits per heavy atom. The van der Waals surface area contributed by atoms with E-state index in [2.05, 4.69) is 10.3 Å². The third-order valence-electron chi connectivity index (χ3n) is 6.47. The van der Waals surface area contributed by atoms with Gasteiger partial charge in [0.2, 0.25) is 5.91 Å². The summed E-state index contributed by atoms with van der Waals surface area (Å²) in [6.45, 7) is 0. The molecule has 3 atom stereocenters. The molecule has 2 aliphatic heterocycles. The van der Waals surface area contributed by atoms with Crippen molar-refractivity contribution in [2.45, 2.75) is 43.6 Å². The summed E-state index contributed by atoms with van der Waals surface area (Å²) < 4.78 is 56.3. The van der Waals surface area contributed by atoms with Gasteiger partial charge in [-0.25, -0.2) is 4.98 Å². The standard InChI is InChI=1S/C26H19F3N2O5/c27-26(28,29)14-3-1-2-13(10-14)11-21(33)36-24-22-17-12-15(4-6-18(17)35-23(22)24)34-19-8-9-30-25-16(19)5-7-20(32)31-25/h1-4,6,8-10,12,22-24H,5,7,11H2,(H,30,31,32)/t22-,23+,24+/m1/s1. The number of alkyl halides is 3. The monoisotopic (exact) mass is 496 g/mol. The van der Waals surface area contributed by atoms with E-state index in [0.717, 1.165) is 23.3 Å². The number of esters is 1. The second-order valence-corrected chi connectivity index (χ2v) is 8.92. The molecule has 184 valence electrons. The first-order chi connectivity index (χ1) is 17.3. The van der Waals surface area contributed by atoms with E-state index in [0.29, 0.717) is 35.9 Å². The number of ether oxygens (including phenoxy) is 3. The number of hydrogen-bond donors (Lipinski definition) is 1. The van der Waals surface area contributed by atoms with Crippen LogP contribution in [0.2, 0.25) is 0 Å². The maximum atomic E-state index is 12.9. The first-order valence-corrected chi connectivity index (χ1v) is 11.4. The molecular formula is C26H19F3N2O5. The van der Waals surface area contributed by atoms with Gasteiger partial charge in [0.25, 0.3) is 0 Å². The first kappa shape index (κ1) is 22.4. The Morgan fingerprint density at radius 3 is 2.83 bits per heavy atom. The summed E-state index contributed by atoms with van der Waals surface area (Å²) >= 11 is 0. The molecule has 0 unspecified atom stereocenters. The minimum atomic E-state index is -4.48. The summed E-state index contributed by atoms with van der Waals surface area (Å²) in [6.07, 6.45) is -3.14. The maximum Gasteiger partial charge on any atom is 0.416 e. The predicted octanol–water partition coefficient (Wildman–Crippen LogP) is 4.79. The normalized spacial score (nSPS) is 21.4. The summed E-state index contributed by atoms with van der Waals surface area (Å²) in [6, 6.07) is 11.8. The predicted molar refractivity (Wildman–Crippen MR) is 120 cm³/mol. The molecule has 10 heteroatoms. The molecule has 1 fully saturated rings. The highest BCUT2D eigenvalue weighted by atomic mass is 19.4. The molecule has 0 spiro atoms. The summed E-state index contributed by atoms with van der Waals surface area (Å²) in [5.41, 5.74) is 1.08. The van der Waals surface area contributed by atoms with Crippen molar-refractivity contribution in [2.24, 2.45) is 0 Å². The number of amides is 1. The van der Waals surface area contributed by atoms with Crippen molar-refractivity contribution in [3.05, 3.63) is 77.0 Å². The lowest BCUT2D eigenvalue weighted by atomic mass is 10.1. The van der Waals surface area contributed by atoms with Gasteiger partial charge < -0.3 is 19.5 Å². The zero-order valence-corrected chi connectivity index (χ0v) is 18.7. The fourth-order valence-corrected chi connectivity index (χ4v) is 4.69. The van der Waals surface area contributed by atoms with Gasteiger partial charge in [0, 0.05) is 23.7 Å². The van der Waals surface area contributed by atoms with Gasteiger partial charge in [0.15, 0.2) is 0 Å². The van der Waals surface area contributed by atoms with Crippen LogP contribution >= 0.6 is 0 Å². The van der Waals surface area contributed by atoms with Crippen LogP contribution in [0.4, 0.5) is 19.0 Å². The number of hydrogen-bond acceptors (Lipinski definition) is 6. The molecule has 6 rings (SSSR count). The highest BCUT2D eigenvalue weighted by molar-refractivity contribution is 5.93. The van der Waals surface area contributed by atoms with Crippen molar-refractivity contribution in [1.82, 2.24) is 4.98 Å². The average Bonchev–Trinajstić information content (AvgIpc) is 3.34. The molecule has 1 amide bonds. The van der Waals surface area contributed by atoms with Crippen LogP contribution in [0.15, 0.2) is 54.7 Å². The second-order valence-electron chi connectivity index (χ2n) is 8.92. The zero-order chi connectivity index (χ0) is 25.0. The van der Waals surface area contributed by atoms with Crippen LogP contribution in [-0.4, -0.2) is 29.1 Å². The fraction of sp³-hybridized carbons (Fsp3) is 0.269. The van der Waals surface area contributed by atoms with Crippen LogP contribution in [0.3, 0.4) is 0 Å². The third kappa shape index (κ3) is 4.12. The van der Waals surface area contributed by atoms with Gasteiger partial charge in [0.1, 0.15) is 35.3 Å². The zero-order valence-electron chi connectivity index (χ0n) is 18.7. The van der Waals surface area contributed by atoms with E-state index in [-0.39, 0.29) is 29.9 Å². The van der Waals surface area contributed by atoms with E-state index in [1.807, 2.05) is 6.07 Å². The smallest absolute Gasteiger partial charge is 0.416 e. The van der Waals surface area contributed by atoms with E-state index >= 15 is 0 Å². The fourth-order valence-electron chi connectivity index (χ4n) is 4.69. The molecule has 1 saturated carbocycles. The summed E-state index contributed by atoms with van der Waals surface area (Å²) in [7, 11) is 0. The van der Waals surface area contributed by atoms with Crippen LogP contribution in [0.1, 0.15) is 34.6 Å². The number of nitrogens with zero attached hydrogens (tertiary/aromatic N) is 1. The molecule has 0 radical (unpaired) electrons. The average molecular weight is 496 g/mol. The third-order valence-corrected chi connectivity index (χ3v) is 6.47. The molecule has 36 heavy (non-hydrogen) atoms. The van der Waals surface area contributed by atoms with E-state index in [4.69, 9.17) is 14.2 Å². The molecule has 7 nitrogen and oxygen atoms in total. The minimum absolute atomic E-state index is 0.0877. The van der Waals surface area contributed by atoms with Gasteiger partial charge in [0.05, 0.1) is 17.9 Å². The first-order valence-electron chi connectivity index (χ1n) is 11.4.